The minimum atomic E-state index is -0.740. The lowest BCUT2D eigenvalue weighted by Gasteiger charge is -2.09. The Hall–Kier alpha value is -3.23. The van der Waals surface area contributed by atoms with Crippen LogP contribution in [0.15, 0.2) is 36.7 Å². The molecule has 0 unspecified atom stereocenters. The lowest BCUT2D eigenvalue weighted by Crippen LogP contribution is -2.49. The predicted molar refractivity (Wildman–Crippen MR) is 68.2 cm³/mol. The van der Waals surface area contributed by atoms with Gasteiger partial charge in [0, 0.05) is 12.1 Å². The SMILES string of the molecule is O=C1CC(=O)NC(=O)N1.[O-][n+]1cc[n+]([O-])c2ccccc21. The smallest absolute Gasteiger partial charge is 0.328 e. The number of carbonyl (C=O) groups is 3. The number of carbonyl (C=O) groups excluding carboxylic acids is 3. The molecule has 0 bridgehead atoms. The van der Waals surface area contributed by atoms with Gasteiger partial charge in [-0.25, -0.2) is 4.79 Å². The largest absolute Gasteiger partial charge is 0.618 e. The van der Waals surface area contributed by atoms with E-state index in [0.717, 1.165) is 0 Å². The number of hydrogen-bond acceptors (Lipinski definition) is 5. The standard InChI is InChI=1S/C8H6N2O2.C4H4N2O3/c11-9-5-6-10(12)8-4-2-1-3-7(8)9;7-2-1-3(8)6-4(9)5-2/h1-6H;1H2,(H2,5,6,7,8,9). The summed E-state index contributed by atoms with van der Waals surface area (Å²) >= 11 is 0. The number of para-hydroxylation sites is 2. The van der Waals surface area contributed by atoms with Crippen LogP contribution in [-0.4, -0.2) is 17.8 Å². The maximum atomic E-state index is 11.1. The topological polar surface area (TPSA) is 129 Å². The molecule has 108 valence electrons. The number of rotatable bonds is 0. The molecule has 1 aliphatic rings. The molecule has 4 amide bonds. The predicted octanol–water partition coefficient (Wildman–Crippen LogP) is -1.15. The fraction of sp³-hybridized carbons (Fsp3) is 0.0833. The van der Waals surface area contributed by atoms with Crippen LogP contribution >= 0.6 is 0 Å². The Labute approximate surface area is 118 Å². The van der Waals surface area contributed by atoms with Crippen LogP contribution in [-0.2, 0) is 9.59 Å². The molecule has 1 fully saturated rings. The van der Waals surface area contributed by atoms with Gasteiger partial charge in [0.15, 0.2) is 0 Å². The Morgan fingerprint density at radius 3 is 1.67 bits per heavy atom. The van der Waals surface area contributed by atoms with E-state index in [1.165, 1.54) is 12.4 Å². The Morgan fingerprint density at radius 2 is 1.29 bits per heavy atom. The van der Waals surface area contributed by atoms with Crippen LogP contribution in [0.25, 0.3) is 11.0 Å². The third-order valence-corrected chi connectivity index (χ3v) is 2.52. The summed E-state index contributed by atoms with van der Waals surface area (Å²) in [6, 6.07) is 5.91. The van der Waals surface area contributed by atoms with Crippen LogP contribution in [0, 0.1) is 10.4 Å². The van der Waals surface area contributed by atoms with Crippen LogP contribution < -0.4 is 20.1 Å². The Balaban J connectivity index is 0.000000161. The van der Waals surface area contributed by atoms with Crippen molar-refractivity contribution in [2.24, 2.45) is 0 Å². The molecular formula is C12H10N4O5. The number of fused-ring (bicyclic) bond motifs is 1. The van der Waals surface area contributed by atoms with E-state index in [-0.39, 0.29) is 6.42 Å². The summed E-state index contributed by atoms with van der Waals surface area (Å²) in [5, 5.41) is 26.0. The van der Waals surface area contributed by atoms with Crippen molar-refractivity contribution in [2.45, 2.75) is 6.42 Å². The highest BCUT2D eigenvalue weighted by Crippen LogP contribution is 2.01. The van der Waals surface area contributed by atoms with Crippen molar-refractivity contribution in [3.8, 4) is 0 Å². The second-order valence-electron chi connectivity index (χ2n) is 4.04. The first-order chi connectivity index (χ1) is 9.97. The number of benzene rings is 1. The minimum Gasteiger partial charge on any atom is -0.618 e. The number of aromatic nitrogens is 2. The van der Waals surface area contributed by atoms with Gasteiger partial charge in [0.2, 0.25) is 24.2 Å². The molecular weight excluding hydrogens is 280 g/mol. The van der Waals surface area contributed by atoms with E-state index in [2.05, 4.69) is 0 Å². The molecule has 3 rings (SSSR count). The average molecular weight is 290 g/mol. The van der Waals surface area contributed by atoms with Gasteiger partial charge < -0.3 is 10.4 Å². The molecule has 0 spiro atoms. The summed E-state index contributed by atoms with van der Waals surface area (Å²) in [6.07, 6.45) is 2.12. The first-order valence-corrected chi connectivity index (χ1v) is 5.81. The maximum Gasteiger partial charge on any atom is 0.328 e. The summed E-state index contributed by atoms with van der Waals surface area (Å²) in [7, 11) is 0. The zero-order valence-corrected chi connectivity index (χ0v) is 10.6. The summed E-state index contributed by atoms with van der Waals surface area (Å²) in [4.78, 5) is 30.8. The van der Waals surface area contributed by atoms with E-state index < -0.39 is 17.8 Å². The van der Waals surface area contributed by atoms with Crippen LogP contribution in [0.5, 0.6) is 0 Å². The Kier molecular flexibility index (Phi) is 3.93. The van der Waals surface area contributed by atoms with Crippen molar-refractivity contribution in [2.75, 3.05) is 0 Å². The average Bonchev–Trinajstić information content (AvgIpc) is 2.42. The molecule has 0 aliphatic carbocycles. The van der Waals surface area contributed by atoms with Crippen molar-refractivity contribution in [3.05, 3.63) is 47.1 Å². The van der Waals surface area contributed by atoms with Crippen LogP contribution in [0.3, 0.4) is 0 Å². The molecule has 9 heteroatoms. The molecule has 1 aromatic carbocycles. The van der Waals surface area contributed by atoms with Gasteiger partial charge in [-0.3, -0.25) is 20.2 Å². The molecule has 0 atom stereocenters. The van der Waals surface area contributed by atoms with E-state index in [9.17, 15) is 24.8 Å². The lowest BCUT2D eigenvalue weighted by molar-refractivity contribution is -0.628. The fourth-order valence-corrected chi connectivity index (χ4v) is 1.64. The van der Waals surface area contributed by atoms with Crippen LogP contribution in [0.1, 0.15) is 6.42 Å². The number of amides is 4. The molecule has 21 heavy (non-hydrogen) atoms. The van der Waals surface area contributed by atoms with E-state index in [1.807, 2.05) is 10.6 Å². The fourth-order valence-electron chi connectivity index (χ4n) is 1.64. The second-order valence-corrected chi connectivity index (χ2v) is 4.04. The normalized spacial score (nSPS) is 14.0. The monoisotopic (exact) mass is 290 g/mol. The van der Waals surface area contributed by atoms with Crippen LogP contribution in [0.2, 0.25) is 0 Å². The van der Waals surface area contributed by atoms with Gasteiger partial charge in [0.05, 0.1) is 0 Å². The van der Waals surface area contributed by atoms with Crippen molar-refractivity contribution in [3.63, 3.8) is 0 Å². The van der Waals surface area contributed by atoms with Gasteiger partial charge in [-0.1, -0.05) is 12.1 Å². The molecule has 1 saturated heterocycles. The third kappa shape index (κ3) is 3.41. The molecule has 9 nitrogen and oxygen atoms in total. The highest BCUT2D eigenvalue weighted by atomic mass is 16.5. The van der Waals surface area contributed by atoms with E-state index in [4.69, 9.17) is 0 Å². The zero-order valence-electron chi connectivity index (χ0n) is 10.6. The molecule has 0 saturated carbocycles. The number of urea groups is 1. The zero-order chi connectivity index (χ0) is 15.4. The molecule has 2 heterocycles. The van der Waals surface area contributed by atoms with Gasteiger partial charge in [0.25, 0.3) is 11.0 Å². The highest BCUT2D eigenvalue weighted by Gasteiger charge is 2.20. The summed E-state index contributed by atoms with van der Waals surface area (Å²) < 4.78 is 1.34. The minimum absolute atomic E-state index is 0.258. The van der Waals surface area contributed by atoms with E-state index in [0.29, 0.717) is 20.5 Å². The molecule has 1 aliphatic heterocycles. The van der Waals surface area contributed by atoms with Crippen molar-refractivity contribution < 1.29 is 23.8 Å². The number of nitrogens with one attached hydrogen (secondary N) is 2. The van der Waals surface area contributed by atoms with Crippen molar-refractivity contribution >= 4 is 28.9 Å². The summed E-state index contributed by atoms with van der Waals surface area (Å²) in [5.74, 6) is -1.10. The number of hydrogen-bond donors (Lipinski definition) is 2. The second kappa shape index (κ2) is 5.82. The van der Waals surface area contributed by atoms with Crippen LogP contribution in [0.4, 0.5) is 4.79 Å². The first-order valence-electron chi connectivity index (χ1n) is 5.81. The van der Waals surface area contributed by atoms with Crippen molar-refractivity contribution in [1.29, 1.82) is 0 Å². The number of imide groups is 2. The Bertz CT molecular complexity index is 645. The maximum absolute atomic E-state index is 11.1. The summed E-state index contributed by atoms with van der Waals surface area (Å²) in [6.45, 7) is 0. The van der Waals surface area contributed by atoms with Gasteiger partial charge in [0.1, 0.15) is 6.42 Å². The molecule has 2 N–H and O–H groups in total. The van der Waals surface area contributed by atoms with Gasteiger partial charge in [-0.05, 0) is 0 Å². The first kappa shape index (κ1) is 14.2. The third-order valence-electron chi connectivity index (χ3n) is 2.52. The van der Waals surface area contributed by atoms with E-state index in [1.54, 1.807) is 24.3 Å². The van der Waals surface area contributed by atoms with Gasteiger partial charge in [-0.2, -0.15) is 9.46 Å². The number of barbiturate groups is 1. The number of nitrogens with zero attached hydrogens (tertiary/aromatic N) is 2. The quantitative estimate of drug-likeness (QED) is 0.359. The molecule has 1 aromatic heterocycles. The Morgan fingerprint density at radius 1 is 0.857 bits per heavy atom. The van der Waals surface area contributed by atoms with Gasteiger partial charge in [-0.15, -0.1) is 0 Å². The van der Waals surface area contributed by atoms with Gasteiger partial charge >= 0.3 is 6.03 Å². The highest BCUT2D eigenvalue weighted by molar-refractivity contribution is 6.14. The molecule has 2 aromatic rings. The van der Waals surface area contributed by atoms with E-state index >= 15 is 0 Å². The lowest BCUT2D eigenvalue weighted by atomic mass is 10.3. The van der Waals surface area contributed by atoms with Crippen molar-refractivity contribution in [1.82, 2.24) is 10.6 Å². The summed E-state index contributed by atoms with van der Waals surface area (Å²) in [5.41, 5.74) is 0.769. The molecule has 0 radical (unpaired) electrons.